The van der Waals surface area contributed by atoms with Gasteiger partial charge in [0.05, 0.1) is 11.4 Å². The van der Waals surface area contributed by atoms with Crippen LogP contribution in [0.4, 0.5) is 5.69 Å². The molecular weight excluding hydrogens is 312 g/mol. The quantitative estimate of drug-likeness (QED) is 0.903. The van der Waals surface area contributed by atoms with E-state index in [2.05, 4.69) is 45.4 Å². The van der Waals surface area contributed by atoms with Crippen molar-refractivity contribution in [3.8, 4) is 0 Å². The molecule has 6 heteroatoms. The van der Waals surface area contributed by atoms with Gasteiger partial charge in [-0.3, -0.25) is 0 Å². The molecule has 4 rings (SSSR count). The molecule has 0 amide bonds. The van der Waals surface area contributed by atoms with Gasteiger partial charge in [0.1, 0.15) is 6.33 Å². The van der Waals surface area contributed by atoms with Gasteiger partial charge < -0.3 is 10.2 Å². The standard InChI is InChI=1S/C19H30N6/c1-14(2)17-10-18(19-22-21-13-25(19)23-17)20-11-15-8-9-24(12-15)16-6-4-3-5-7-16/h10,13-16,20H,3-9,11-12H2,1-2H3. The number of hydrogen-bond donors (Lipinski definition) is 1. The smallest absolute Gasteiger partial charge is 0.200 e. The highest BCUT2D eigenvalue weighted by molar-refractivity contribution is 5.66. The summed E-state index contributed by atoms with van der Waals surface area (Å²) in [7, 11) is 0. The zero-order chi connectivity index (χ0) is 17.2. The number of aromatic nitrogens is 4. The predicted octanol–water partition coefficient (Wildman–Crippen LogP) is 3.31. The third-order valence-electron chi connectivity index (χ3n) is 5.87. The predicted molar refractivity (Wildman–Crippen MR) is 99.9 cm³/mol. The summed E-state index contributed by atoms with van der Waals surface area (Å²) in [6.07, 6.45) is 10.1. The van der Waals surface area contributed by atoms with E-state index in [9.17, 15) is 0 Å². The van der Waals surface area contributed by atoms with Crippen LogP contribution < -0.4 is 5.32 Å². The second-order valence-electron chi connectivity index (χ2n) is 8.06. The summed E-state index contributed by atoms with van der Waals surface area (Å²) in [5.41, 5.74) is 2.96. The van der Waals surface area contributed by atoms with E-state index < -0.39 is 0 Å². The number of rotatable bonds is 5. The van der Waals surface area contributed by atoms with Crippen LogP contribution in [-0.2, 0) is 0 Å². The van der Waals surface area contributed by atoms with Crippen molar-refractivity contribution in [2.24, 2.45) is 5.92 Å². The third-order valence-corrected chi connectivity index (χ3v) is 5.87. The minimum absolute atomic E-state index is 0.389. The van der Waals surface area contributed by atoms with Crippen LogP contribution in [0.1, 0.15) is 64.0 Å². The fourth-order valence-electron chi connectivity index (χ4n) is 4.32. The lowest BCUT2D eigenvalue weighted by Gasteiger charge is -2.31. The fourth-order valence-corrected chi connectivity index (χ4v) is 4.32. The van der Waals surface area contributed by atoms with Crippen molar-refractivity contribution in [2.75, 3.05) is 25.0 Å². The molecule has 1 atom stereocenters. The van der Waals surface area contributed by atoms with E-state index in [0.717, 1.165) is 35.5 Å². The van der Waals surface area contributed by atoms with Gasteiger partial charge in [0.15, 0.2) is 0 Å². The van der Waals surface area contributed by atoms with Gasteiger partial charge in [-0.15, -0.1) is 10.2 Å². The van der Waals surface area contributed by atoms with E-state index >= 15 is 0 Å². The lowest BCUT2D eigenvalue weighted by molar-refractivity contribution is 0.186. The largest absolute Gasteiger partial charge is 0.382 e. The van der Waals surface area contributed by atoms with E-state index in [-0.39, 0.29) is 0 Å². The van der Waals surface area contributed by atoms with Gasteiger partial charge >= 0.3 is 0 Å². The first-order valence-corrected chi connectivity index (χ1v) is 9.89. The first-order valence-electron chi connectivity index (χ1n) is 9.89. The summed E-state index contributed by atoms with van der Waals surface area (Å²) in [5, 5.41) is 16.5. The Morgan fingerprint density at radius 1 is 1.20 bits per heavy atom. The van der Waals surface area contributed by atoms with E-state index in [1.165, 1.54) is 51.6 Å². The average Bonchev–Trinajstić information content (AvgIpc) is 3.29. The van der Waals surface area contributed by atoms with Crippen molar-refractivity contribution in [3.63, 3.8) is 0 Å². The molecular formula is C19H30N6. The normalized spacial score (nSPS) is 22.9. The molecule has 3 heterocycles. The van der Waals surface area contributed by atoms with Crippen LogP contribution in [0.2, 0.25) is 0 Å². The number of nitrogens with zero attached hydrogens (tertiary/aromatic N) is 5. The molecule has 0 spiro atoms. The number of anilines is 1. The Kier molecular flexibility index (Phi) is 4.88. The molecule has 1 aliphatic heterocycles. The van der Waals surface area contributed by atoms with Crippen LogP contribution in [0.3, 0.4) is 0 Å². The first kappa shape index (κ1) is 16.8. The Hall–Kier alpha value is -1.69. The highest BCUT2D eigenvalue weighted by Crippen LogP contribution is 2.28. The highest BCUT2D eigenvalue weighted by Gasteiger charge is 2.29. The first-order chi connectivity index (χ1) is 12.2. The molecule has 2 fully saturated rings. The lowest BCUT2D eigenvalue weighted by atomic mass is 9.94. The molecule has 6 nitrogen and oxygen atoms in total. The summed E-state index contributed by atoms with van der Waals surface area (Å²) < 4.78 is 1.79. The number of nitrogens with one attached hydrogen (secondary N) is 1. The summed E-state index contributed by atoms with van der Waals surface area (Å²) >= 11 is 0. The molecule has 25 heavy (non-hydrogen) atoms. The van der Waals surface area contributed by atoms with Crippen LogP contribution in [-0.4, -0.2) is 50.4 Å². The van der Waals surface area contributed by atoms with Gasteiger partial charge in [-0.25, -0.2) is 0 Å². The van der Waals surface area contributed by atoms with Crippen molar-refractivity contribution >= 4 is 11.3 Å². The molecule has 2 aromatic heterocycles. The molecule has 1 saturated carbocycles. The van der Waals surface area contributed by atoms with Crippen LogP contribution in [0.5, 0.6) is 0 Å². The van der Waals surface area contributed by atoms with Crippen LogP contribution in [0.25, 0.3) is 5.65 Å². The van der Waals surface area contributed by atoms with Gasteiger partial charge in [-0.05, 0) is 43.7 Å². The lowest BCUT2D eigenvalue weighted by Crippen LogP contribution is -2.35. The molecule has 136 valence electrons. The Bertz CT molecular complexity index is 703. The van der Waals surface area contributed by atoms with Crippen molar-refractivity contribution in [3.05, 3.63) is 18.1 Å². The van der Waals surface area contributed by atoms with E-state index in [1.807, 2.05) is 0 Å². The van der Waals surface area contributed by atoms with Crippen molar-refractivity contribution in [1.29, 1.82) is 0 Å². The summed E-state index contributed by atoms with van der Waals surface area (Å²) in [5.74, 6) is 1.11. The molecule has 0 aromatic carbocycles. The van der Waals surface area contributed by atoms with Crippen LogP contribution in [0, 0.1) is 5.92 Å². The minimum atomic E-state index is 0.389. The zero-order valence-electron chi connectivity index (χ0n) is 15.5. The molecule has 1 saturated heterocycles. The SMILES string of the molecule is CC(C)c1cc(NCC2CCN(C3CCCCC3)C2)c2nncn2n1. The molecule has 2 aromatic rings. The van der Waals surface area contributed by atoms with Crippen molar-refractivity contribution < 1.29 is 0 Å². The van der Waals surface area contributed by atoms with Gasteiger partial charge in [0, 0.05) is 19.1 Å². The van der Waals surface area contributed by atoms with Crippen LogP contribution in [0.15, 0.2) is 12.4 Å². The summed E-state index contributed by atoms with van der Waals surface area (Å²) in [6.45, 7) is 7.85. The number of hydrogen-bond acceptors (Lipinski definition) is 5. The molecule has 1 unspecified atom stereocenters. The van der Waals surface area contributed by atoms with Crippen molar-refractivity contribution in [2.45, 2.75) is 64.3 Å². The Labute approximate surface area is 150 Å². The van der Waals surface area contributed by atoms with E-state index in [0.29, 0.717) is 5.92 Å². The minimum Gasteiger partial charge on any atom is -0.382 e. The average molecular weight is 342 g/mol. The third kappa shape index (κ3) is 3.64. The maximum absolute atomic E-state index is 4.59. The van der Waals surface area contributed by atoms with Crippen LogP contribution >= 0.6 is 0 Å². The fraction of sp³-hybridized carbons (Fsp3) is 0.737. The molecule has 1 aliphatic carbocycles. The molecule has 1 N–H and O–H groups in total. The van der Waals surface area contributed by atoms with Crippen molar-refractivity contribution in [1.82, 2.24) is 24.7 Å². The second-order valence-corrected chi connectivity index (χ2v) is 8.06. The highest BCUT2D eigenvalue weighted by atomic mass is 15.3. The van der Waals surface area contributed by atoms with E-state index in [4.69, 9.17) is 0 Å². The van der Waals surface area contributed by atoms with Gasteiger partial charge in [-0.1, -0.05) is 33.1 Å². The Morgan fingerprint density at radius 3 is 2.84 bits per heavy atom. The maximum atomic E-state index is 4.59. The maximum Gasteiger partial charge on any atom is 0.200 e. The summed E-state index contributed by atoms with van der Waals surface area (Å²) in [4.78, 5) is 2.74. The van der Waals surface area contributed by atoms with E-state index in [1.54, 1.807) is 10.8 Å². The molecule has 2 aliphatic rings. The Balaban J connectivity index is 1.40. The molecule has 0 bridgehead atoms. The number of likely N-dealkylation sites (tertiary alicyclic amines) is 1. The topological polar surface area (TPSA) is 58.3 Å². The number of fused-ring (bicyclic) bond motifs is 1. The van der Waals surface area contributed by atoms with Gasteiger partial charge in [0.2, 0.25) is 5.65 Å². The van der Waals surface area contributed by atoms with Gasteiger partial charge in [0.25, 0.3) is 0 Å². The van der Waals surface area contributed by atoms with Gasteiger partial charge in [-0.2, -0.15) is 9.61 Å². The summed E-state index contributed by atoms with van der Waals surface area (Å²) in [6, 6.07) is 2.98. The zero-order valence-corrected chi connectivity index (χ0v) is 15.5. The monoisotopic (exact) mass is 342 g/mol. The Morgan fingerprint density at radius 2 is 2.04 bits per heavy atom. The second kappa shape index (κ2) is 7.28. The molecule has 0 radical (unpaired) electrons.